The Bertz CT molecular complexity index is 1030. The van der Waals surface area contributed by atoms with Crippen molar-refractivity contribution in [1.82, 2.24) is 4.90 Å². The highest BCUT2D eigenvalue weighted by Crippen LogP contribution is 2.38. The first-order valence-electron chi connectivity index (χ1n) is 8.90. The van der Waals surface area contributed by atoms with Gasteiger partial charge in [-0.15, -0.1) is 0 Å². The molecule has 3 rings (SSSR count). The maximum absolute atomic E-state index is 12.4. The summed E-state index contributed by atoms with van der Waals surface area (Å²) in [6.07, 6.45) is 2.24. The first-order valence-corrected chi connectivity index (χ1v) is 10.5. The lowest BCUT2D eigenvalue weighted by Gasteiger charge is -2.11. The number of nitro groups is 1. The third kappa shape index (κ3) is 4.95. The molecule has 0 aliphatic carbocycles. The van der Waals surface area contributed by atoms with Gasteiger partial charge in [-0.25, -0.2) is 0 Å². The molecule has 1 fully saturated rings. The molecule has 1 aliphatic rings. The van der Waals surface area contributed by atoms with E-state index in [1.807, 2.05) is 6.92 Å². The first kappa shape index (κ1) is 22.1. The topological polar surface area (TPSA) is 89.8 Å². The molecule has 2 aromatic rings. The summed E-state index contributed by atoms with van der Waals surface area (Å²) in [6.45, 7) is 2.29. The normalized spacial score (nSPS) is 15.2. The van der Waals surface area contributed by atoms with Crippen LogP contribution in [0.5, 0.6) is 5.75 Å². The van der Waals surface area contributed by atoms with Gasteiger partial charge in [0.2, 0.25) is 0 Å². The predicted molar refractivity (Wildman–Crippen MR) is 117 cm³/mol. The van der Waals surface area contributed by atoms with Crippen LogP contribution in [0.25, 0.3) is 6.08 Å². The molecule has 0 atom stereocenters. The Balaban J connectivity index is 1.78. The highest BCUT2D eigenvalue weighted by molar-refractivity contribution is 8.18. The fourth-order valence-electron chi connectivity index (χ4n) is 2.78. The van der Waals surface area contributed by atoms with Crippen LogP contribution in [0.4, 0.5) is 10.5 Å². The molecule has 1 heterocycles. The number of carbonyl (C=O) groups excluding carboxylic acids is 2. The van der Waals surface area contributed by atoms with Crippen LogP contribution in [-0.2, 0) is 11.4 Å². The molecule has 30 heavy (non-hydrogen) atoms. The zero-order valence-electron chi connectivity index (χ0n) is 15.8. The van der Waals surface area contributed by atoms with E-state index in [-0.39, 0.29) is 39.2 Å². The minimum Gasteiger partial charge on any atom is -0.486 e. The lowest BCUT2D eigenvalue weighted by atomic mass is 10.2. The van der Waals surface area contributed by atoms with Crippen LogP contribution in [0, 0.1) is 10.1 Å². The second-order valence-corrected chi connectivity index (χ2v) is 8.17. The van der Waals surface area contributed by atoms with Gasteiger partial charge in [0, 0.05) is 18.7 Å². The quantitative estimate of drug-likeness (QED) is 0.285. The minimum absolute atomic E-state index is 0.0381. The number of hydrogen-bond donors (Lipinski definition) is 0. The summed E-state index contributed by atoms with van der Waals surface area (Å²) < 4.78 is 5.66. The van der Waals surface area contributed by atoms with Crippen molar-refractivity contribution in [2.75, 3.05) is 6.54 Å². The van der Waals surface area contributed by atoms with Crippen molar-refractivity contribution in [2.45, 2.75) is 20.0 Å². The second kappa shape index (κ2) is 9.51. The van der Waals surface area contributed by atoms with E-state index < -0.39 is 4.92 Å². The SMILES string of the molecule is CCCN1C(=O)S/C(=C/c2cc(Cl)c(OCc3cccc([N+](=O)[O-])c3)c(Cl)c2)C1=O. The lowest BCUT2D eigenvalue weighted by Crippen LogP contribution is -2.28. The van der Waals surface area contributed by atoms with Crippen molar-refractivity contribution in [2.24, 2.45) is 0 Å². The van der Waals surface area contributed by atoms with Gasteiger partial charge >= 0.3 is 0 Å². The summed E-state index contributed by atoms with van der Waals surface area (Å²) in [5.41, 5.74) is 1.10. The summed E-state index contributed by atoms with van der Waals surface area (Å²) in [5.74, 6) is -0.119. The number of ether oxygens (including phenoxy) is 1. The van der Waals surface area contributed by atoms with E-state index in [2.05, 4.69) is 0 Å². The van der Waals surface area contributed by atoms with E-state index in [0.717, 1.165) is 11.8 Å². The third-order valence-electron chi connectivity index (χ3n) is 4.14. The van der Waals surface area contributed by atoms with E-state index in [1.54, 1.807) is 30.3 Å². The molecular formula is C20H16Cl2N2O5S. The van der Waals surface area contributed by atoms with E-state index >= 15 is 0 Å². The summed E-state index contributed by atoms with van der Waals surface area (Å²) >= 11 is 13.5. The maximum atomic E-state index is 12.4. The number of imide groups is 1. The summed E-state index contributed by atoms with van der Waals surface area (Å²) in [5, 5.41) is 11.0. The lowest BCUT2D eigenvalue weighted by molar-refractivity contribution is -0.384. The van der Waals surface area contributed by atoms with E-state index in [4.69, 9.17) is 27.9 Å². The minimum atomic E-state index is -0.486. The zero-order valence-corrected chi connectivity index (χ0v) is 18.1. The number of rotatable bonds is 7. The fourth-order valence-corrected chi connectivity index (χ4v) is 4.26. The standard InChI is InChI=1S/C20H16Cl2N2O5S/c1-2-6-23-19(25)17(30-20(23)26)10-13-8-15(21)18(16(22)9-13)29-11-12-4-3-5-14(7-12)24(27)28/h3-5,7-10H,2,6,11H2,1H3/b17-10+. The van der Waals surface area contributed by atoms with Gasteiger partial charge in [-0.1, -0.05) is 42.3 Å². The molecule has 156 valence electrons. The van der Waals surface area contributed by atoms with Gasteiger partial charge in [-0.2, -0.15) is 0 Å². The number of nitro benzene ring substituents is 1. The average Bonchev–Trinajstić information content (AvgIpc) is 2.95. The molecule has 1 aliphatic heterocycles. The number of non-ortho nitro benzene ring substituents is 1. The smallest absolute Gasteiger partial charge is 0.293 e. The van der Waals surface area contributed by atoms with Gasteiger partial charge in [0.1, 0.15) is 6.61 Å². The summed E-state index contributed by atoms with van der Waals surface area (Å²) in [6, 6.07) is 9.20. The number of carbonyl (C=O) groups is 2. The van der Waals surface area contributed by atoms with Gasteiger partial charge in [0.15, 0.2) is 5.75 Å². The number of nitrogens with zero attached hydrogens (tertiary/aromatic N) is 2. The molecule has 0 saturated carbocycles. The van der Waals surface area contributed by atoms with Crippen molar-refractivity contribution >= 4 is 57.9 Å². The van der Waals surface area contributed by atoms with Crippen LogP contribution in [0.15, 0.2) is 41.3 Å². The Morgan fingerprint density at radius 1 is 1.20 bits per heavy atom. The summed E-state index contributed by atoms with van der Waals surface area (Å²) in [4.78, 5) is 36.2. The average molecular weight is 467 g/mol. The number of thioether (sulfide) groups is 1. The molecule has 10 heteroatoms. The molecule has 0 N–H and O–H groups in total. The summed E-state index contributed by atoms with van der Waals surface area (Å²) in [7, 11) is 0. The van der Waals surface area contributed by atoms with Crippen LogP contribution in [-0.4, -0.2) is 27.5 Å². The van der Waals surface area contributed by atoms with Gasteiger partial charge in [-0.05, 0) is 47.5 Å². The van der Waals surface area contributed by atoms with E-state index in [1.165, 1.54) is 17.0 Å². The van der Waals surface area contributed by atoms with Gasteiger partial charge in [0.05, 0.1) is 19.9 Å². The Hall–Kier alpha value is -2.55. The number of amides is 2. The van der Waals surface area contributed by atoms with Gasteiger partial charge in [0.25, 0.3) is 16.8 Å². The molecule has 0 spiro atoms. The van der Waals surface area contributed by atoms with Crippen molar-refractivity contribution in [1.29, 1.82) is 0 Å². The third-order valence-corrected chi connectivity index (χ3v) is 5.61. The molecule has 7 nitrogen and oxygen atoms in total. The molecule has 0 radical (unpaired) electrons. The molecule has 2 aromatic carbocycles. The Labute approximate surface area is 186 Å². The highest BCUT2D eigenvalue weighted by atomic mass is 35.5. The molecule has 0 aromatic heterocycles. The molecule has 0 bridgehead atoms. The van der Waals surface area contributed by atoms with Crippen LogP contribution < -0.4 is 4.74 Å². The number of hydrogen-bond acceptors (Lipinski definition) is 6. The highest BCUT2D eigenvalue weighted by Gasteiger charge is 2.34. The fraction of sp³-hybridized carbons (Fsp3) is 0.200. The monoisotopic (exact) mass is 466 g/mol. The molecular weight excluding hydrogens is 451 g/mol. The van der Waals surface area contributed by atoms with Crippen molar-refractivity contribution in [3.8, 4) is 5.75 Å². The number of benzene rings is 2. The zero-order chi connectivity index (χ0) is 21.8. The molecule has 0 unspecified atom stereocenters. The van der Waals surface area contributed by atoms with E-state index in [9.17, 15) is 19.7 Å². The van der Waals surface area contributed by atoms with Crippen LogP contribution >= 0.6 is 35.0 Å². The van der Waals surface area contributed by atoms with Crippen LogP contribution in [0.1, 0.15) is 24.5 Å². The van der Waals surface area contributed by atoms with Gasteiger partial charge < -0.3 is 4.74 Å². The Kier molecular flexibility index (Phi) is 7.02. The molecule has 1 saturated heterocycles. The Morgan fingerprint density at radius 3 is 2.53 bits per heavy atom. The predicted octanol–water partition coefficient (Wildman–Crippen LogP) is 5.93. The maximum Gasteiger partial charge on any atom is 0.293 e. The number of halogens is 2. The second-order valence-electron chi connectivity index (χ2n) is 6.36. The van der Waals surface area contributed by atoms with Crippen molar-refractivity contribution in [3.63, 3.8) is 0 Å². The Morgan fingerprint density at radius 2 is 1.90 bits per heavy atom. The molecule has 2 amide bonds. The van der Waals surface area contributed by atoms with E-state index in [0.29, 0.717) is 29.0 Å². The van der Waals surface area contributed by atoms with Crippen LogP contribution in [0.2, 0.25) is 10.0 Å². The van der Waals surface area contributed by atoms with Crippen LogP contribution in [0.3, 0.4) is 0 Å². The largest absolute Gasteiger partial charge is 0.486 e. The van der Waals surface area contributed by atoms with Crippen molar-refractivity contribution < 1.29 is 19.2 Å². The van der Waals surface area contributed by atoms with Crippen molar-refractivity contribution in [3.05, 3.63) is 72.6 Å². The first-order chi connectivity index (χ1) is 14.3. The van der Waals surface area contributed by atoms with Gasteiger partial charge in [-0.3, -0.25) is 24.6 Å².